The van der Waals surface area contributed by atoms with E-state index >= 15 is 0 Å². The summed E-state index contributed by atoms with van der Waals surface area (Å²) in [6.45, 7) is 0. The zero-order valence-electron chi connectivity index (χ0n) is 10.8. The number of fused-ring (bicyclic) bond motifs is 1. The molecule has 2 N–H and O–H groups in total. The van der Waals surface area contributed by atoms with Crippen molar-refractivity contribution in [2.75, 3.05) is 0 Å². The molecule has 0 aliphatic heterocycles. The highest BCUT2D eigenvalue weighted by molar-refractivity contribution is 7.90. The lowest BCUT2D eigenvalue weighted by Gasteiger charge is -2.08. The molecule has 0 unspecified atom stereocenters. The van der Waals surface area contributed by atoms with Gasteiger partial charge in [0.15, 0.2) is 0 Å². The first-order valence-electron chi connectivity index (χ1n) is 6.13. The fourth-order valence-corrected chi connectivity index (χ4v) is 3.53. The highest BCUT2D eigenvalue weighted by Gasteiger charge is 2.22. The third kappa shape index (κ3) is 2.23. The highest BCUT2D eigenvalue weighted by atomic mass is 32.2. The molecule has 1 aromatic carbocycles. The average Bonchev–Trinajstić information content (AvgIpc) is 2.92. The van der Waals surface area contributed by atoms with E-state index in [2.05, 4.69) is 4.98 Å². The van der Waals surface area contributed by atoms with Gasteiger partial charge < -0.3 is 10.0 Å². The first kappa shape index (κ1) is 13.8. The van der Waals surface area contributed by atoms with Gasteiger partial charge in [0.05, 0.1) is 16.6 Å². The van der Waals surface area contributed by atoms with Crippen LogP contribution in [0.15, 0.2) is 59.9 Å². The van der Waals surface area contributed by atoms with E-state index in [0.29, 0.717) is 10.9 Å². The number of benzene rings is 1. The standard InChI is InChI=1S/C13H11BN2O4S/c17-14(18)12-8-15-9-13-11(12)6-7-16(13)21(19,20)10-4-2-1-3-5-10/h1-9,17-18H. The maximum atomic E-state index is 12.6. The van der Waals surface area contributed by atoms with Gasteiger partial charge in [0.25, 0.3) is 10.0 Å². The Hall–Kier alpha value is -2.16. The van der Waals surface area contributed by atoms with E-state index in [1.807, 2.05) is 0 Å². The molecule has 0 fully saturated rings. The van der Waals surface area contributed by atoms with Crippen LogP contribution in [0.2, 0.25) is 0 Å². The molecule has 0 radical (unpaired) electrons. The minimum Gasteiger partial charge on any atom is -0.423 e. The van der Waals surface area contributed by atoms with Gasteiger partial charge in [0, 0.05) is 23.2 Å². The SMILES string of the molecule is O=S(=O)(c1ccccc1)n1ccc2c(B(O)O)cncc21. The van der Waals surface area contributed by atoms with Crippen LogP contribution >= 0.6 is 0 Å². The van der Waals surface area contributed by atoms with E-state index in [-0.39, 0.29) is 10.4 Å². The number of pyridine rings is 1. The molecule has 0 amide bonds. The Morgan fingerprint density at radius 1 is 1.05 bits per heavy atom. The van der Waals surface area contributed by atoms with Crippen molar-refractivity contribution in [3.63, 3.8) is 0 Å². The summed E-state index contributed by atoms with van der Waals surface area (Å²) in [5.74, 6) is 0. The molecule has 6 nitrogen and oxygen atoms in total. The van der Waals surface area contributed by atoms with Crippen molar-refractivity contribution >= 4 is 33.5 Å². The molecule has 2 aromatic heterocycles. The van der Waals surface area contributed by atoms with Crippen LogP contribution in [-0.4, -0.2) is 34.5 Å². The molecule has 0 saturated carbocycles. The van der Waals surface area contributed by atoms with E-state index in [0.717, 1.165) is 3.97 Å². The van der Waals surface area contributed by atoms with Gasteiger partial charge in [-0.05, 0) is 18.2 Å². The largest absolute Gasteiger partial charge is 0.490 e. The third-order valence-corrected chi connectivity index (χ3v) is 4.89. The van der Waals surface area contributed by atoms with Crippen LogP contribution in [0.3, 0.4) is 0 Å². The van der Waals surface area contributed by atoms with E-state index in [1.165, 1.54) is 36.8 Å². The minimum atomic E-state index is -3.75. The van der Waals surface area contributed by atoms with Gasteiger partial charge in [-0.3, -0.25) is 4.98 Å². The van der Waals surface area contributed by atoms with Crippen molar-refractivity contribution in [3.8, 4) is 0 Å². The lowest BCUT2D eigenvalue weighted by Crippen LogP contribution is -2.30. The molecular weight excluding hydrogens is 291 g/mol. The quantitative estimate of drug-likeness (QED) is 0.662. The monoisotopic (exact) mass is 302 g/mol. The second kappa shape index (κ2) is 4.99. The van der Waals surface area contributed by atoms with E-state index < -0.39 is 17.1 Å². The number of aromatic nitrogens is 2. The van der Waals surface area contributed by atoms with Gasteiger partial charge in [-0.2, -0.15) is 0 Å². The molecule has 0 spiro atoms. The summed E-state index contributed by atoms with van der Waals surface area (Å²) in [5, 5.41) is 19.0. The second-order valence-electron chi connectivity index (χ2n) is 4.46. The lowest BCUT2D eigenvalue weighted by atomic mass is 9.79. The summed E-state index contributed by atoms with van der Waals surface area (Å²) in [7, 11) is -5.46. The molecule has 3 aromatic rings. The average molecular weight is 302 g/mol. The van der Waals surface area contributed by atoms with Crippen molar-refractivity contribution in [1.82, 2.24) is 8.96 Å². The molecular formula is C13H11BN2O4S. The summed E-state index contributed by atoms with van der Waals surface area (Å²) < 4.78 is 26.3. The number of rotatable bonds is 3. The molecule has 21 heavy (non-hydrogen) atoms. The van der Waals surface area contributed by atoms with Crippen molar-refractivity contribution in [2.45, 2.75) is 4.90 Å². The van der Waals surface area contributed by atoms with Gasteiger partial charge in [-0.25, -0.2) is 12.4 Å². The Kier molecular flexibility index (Phi) is 3.28. The van der Waals surface area contributed by atoms with Crippen LogP contribution in [-0.2, 0) is 10.0 Å². The van der Waals surface area contributed by atoms with Crippen LogP contribution in [0.25, 0.3) is 10.9 Å². The van der Waals surface area contributed by atoms with Gasteiger partial charge in [0.1, 0.15) is 0 Å². The van der Waals surface area contributed by atoms with Crippen molar-refractivity contribution in [2.24, 2.45) is 0 Å². The fraction of sp³-hybridized carbons (Fsp3) is 0. The van der Waals surface area contributed by atoms with Gasteiger partial charge in [0.2, 0.25) is 0 Å². The first-order chi connectivity index (χ1) is 10.0. The number of hydrogen-bond acceptors (Lipinski definition) is 5. The van der Waals surface area contributed by atoms with Crippen LogP contribution in [0, 0.1) is 0 Å². The fourth-order valence-electron chi connectivity index (χ4n) is 2.18. The van der Waals surface area contributed by atoms with Gasteiger partial charge in [-0.1, -0.05) is 18.2 Å². The smallest absolute Gasteiger partial charge is 0.423 e. The van der Waals surface area contributed by atoms with Crippen molar-refractivity contribution in [3.05, 3.63) is 55.0 Å². The van der Waals surface area contributed by atoms with Crippen LogP contribution in [0.5, 0.6) is 0 Å². The van der Waals surface area contributed by atoms with Crippen LogP contribution < -0.4 is 5.46 Å². The third-order valence-electron chi connectivity index (χ3n) is 3.19. The zero-order valence-corrected chi connectivity index (χ0v) is 11.6. The molecule has 106 valence electrons. The van der Waals surface area contributed by atoms with Crippen LogP contribution in [0.1, 0.15) is 0 Å². The Bertz CT molecular complexity index is 891. The zero-order chi connectivity index (χ0) is 15.0. The lowest BCUT2D eigenvalue weighted by molar-refractivity contribution is 0.426. The Morgan fingerprint density at radius 3 is 2.43 bits per heavy atom. The predicted octanol–water partition coefficient (Wildman–Crippen LogP) is -0.0469. The Labute approximate surface area is 121 Å². The van der Waals surface area contributed by atoms with E-state index in [9.17, 15) is 18.5 Å². The van der Waals surface area contributed by atoms with Crippen molar-refractivity contribution < 1.29 is 18.5 Å². The molecule has 0 saturated heterocycles. The van der Waals surface area contributed by atoms with E-state index in [1.54, 1.807) is 18.2 Å². The van der Waals surface area contributed by atoms with Gasteiger partial charge in [-0.15, -0.1) is 0 Å². The summed E-state index contributed by atoms with van der Waals surface area (Å²) in [6, 6.07) is 9.53. The maximum absolute atomic E-state index is 12.6. The summed E-state index contributed by atoms with van der Waals surface area (Å²) in [6.07, 6.45) is 4.05. The van der Waals surface area contributed by atoms with E-state index in [4.69, 9.17) is 0 Å². The minimum absolute atomic E-state index is 0.150. The molecule has 0 aliphatic carbocycles. The van der Waals surface area contributed by atoms with Crippen LogP contribution in [0.4, 0.5) is 0 Å². The summed E-state index contributed by atoms with van der Waals surface area (Å²) in [4.78, 5) is 4.02. The molecule has 0 atom stereocenters. The second-order valence-corrected chi connectivity index (χ2v) is 6.28. The Balaban J connectivity index is 2.25. The Morgan fingerprint density at radius 2 is 1.76 bits per heavy atom. The summed E-state index contributed by atoms with van der Waals surface area (Å²) in [5.41, 5.74) is 0.457. The molecule has 0 aliphatic rings. The first-order valence-corrected chi connectivity index (χ1v) is 7.57. The van der Waals surface area contributed by atoms with Crippen molar-refractivity contribution in [1.29, 1.82) is 0 Å². The molecule has 8 heteroatoms. The highest BCUT2D eigenvalue weighted by Crippen LogP contribution is 2.20. The topological polar surface area (TPSA) is 92.4 Å². The molecule has 3 rings (SSSR count). The predicted molar refractivity (Wildman–Crippen MR) is 78.6 cm³/mol. The molecule has 0 bridgehead atoms. The normalized spacial score (nSPS) is 11.7. The number of nitrogens with zero attached hydrogens (tertiary/aromatic N) is 2. The molecule has 2 heterocycles. The maximum Gasteiger partial charge on any atom is 0.490 e. The van der Waals surface area contributed by atoms with Gasteiger partial charge >= 0.3 is 7.12 Å². The number of hydrogen-bond donors (Lipinski definition) is 2. The summed E-state index contributed by atoms with van der Waals surface area (Å²) >= 11 is 0.